The zero-order chi connectivity index (χ0) is 18.6. The van der Waals surface area contributed by atoms with Crippen molar-refractivity contribution in [2.24, 2.45) is 29.1 Å². The average molecular weight is 370 g/mol. The lowest BCUT2D eigenvalue weighted by Crippen LogP contribution is -2.58. The fourth-order valence-corrected chi connectivity index (χ4v) is 5.13. The maximum atomic E-state index is 11.2. The van der Waals surface area contributed by atoms with Gasteiger partial charge in [0.25, 0.3) is 0 Å². The molecule has 6 heteroatoms. The third-order valence-corrected chi connectivity index (χ3v) is 6.66. The van der Waals surface area contributed by atoms with Gasteiger partial charge in [0, 0.05) is 12.5 Å². The summed E-state index contributed by atoms with van der Waals surface area (Å²) in [5, 5.41) is 0. The Bertz CT molecular complexity index is 459. The molecule has 0 amide bonds. The molecule has 4 rings (SSSR count). The first kappa shape index (κ1) is 20.1. The van der Waals surface area contributed by atoms with Crippen molar-refractivity contribution >= 4 is 5.97 Å². The lowest BCUT2D eigenvalue weighted by atomic mass is 9.42. The average Bonchev–Trinajstić information content (AvgIpc) is 3.15. The van der Waals surface area contributed by atoms with Gasteiger partial charge in [0.1, 0.15) is 6.61 Å². The van der Waals surface area contributed by atoms with Gasteiger partial charge in [0.05, 0.1) is 33.0 Å². The Kier molecular flexibility index (Phi) is 6.94. The van der Waals surface area contributed by atoms with Gasteiger partial charge in [-0.1, -0.05) is 13.8 Å². The Labute approximate surface area is 156 Å². The van der Waals surface area contributed by atoms with Gasteiger partial charge in [-0.3, -0.25) is 0 Å². The first-order valence-electron chi connectivity index (χ1n) is 10.1. The van der Waals surface area contributed by atoms with Crippen LogP contribution in [0.2, 0.25) is 0 Å². The molecule has 4 atom stereocenters. The van der Waals surface area contributed by atoms with Crippen LogP contribution in [-0.2, 0) is 28.5 Å². The quantitative estimate of drug-likeness (QED) is 0.435. The number of hydrogen-bond acceptors (Lipinski definition) is 6. The minimum Gasteiger partial charge on any atom is -0.464 e. The fourth-order valence-electron chi connectivity index (χ4n) is 5.13. The molecule has 1 saturated heterocycles. The molecule has 4 aliphatic rings. The molecule has 0 spiro atoms. The highest BCUT2D eigenvalue weighted by Gasteiger charge is 2.59. The van der Waals surface area contributed by atoms with Crippen molar-refractivity contribution in [2.45, 2.75) is 46.3 Å². The molecule has 2 unspecified atom stereocenters. The zero-order valence-electron chi connectivity index (χ0n) is 16.4. The number of rotatable bonds is 10. The second-order valence-electron chi connectivity index (χ2n) is 8.29. The number of fused-ring (bicyclic) bond motifs is 2. The van der Waals surface area contributed by atoms with Crippen molar-refractivity contribution in [3.63, 3.8) is 0 Å². The summed E-state index contributed by atoms with van der Waals surface area (Å²) < 4.78 is 27.5. The highest BCUT2D eigenvalue weighted by Crippen LogP contribution is 2.64. The normalized spacial score (nSPS) is 33.0. The van der Waals surface area contributed by atoms with Gasteiger partial charge in [0.2, 0.25) is 0 Å². The summed E-state index contributed by atoms with van der Waals surface area (Å²) >= 11 is 0. The van der Waals surface area contributed by atoms with E-state index >= 15 is 0 Å². The van der Waals surface area contributed by atoms with Crippen LogP contribution in [0.25, 0.3) is 0 Å². The molecule has 26 heavy (non-hydrogen) atoms. The second kappa shape index (κ2) is 9.00. The maximum Gasteiger partial charge on any atom is 0.332 e. The Morgan fingerprint density at radius 1 is 1.08 bits per heavy atom. The molecule has 0 aromatic heterocycles. The van der Waals surface area contributed by atoms with E-state index in [9.17, 15) is 4.79 Å². The Morgan fingerprint density at radius 2 is 1.81 bits per heavy atom. The summed E-state index contributed by atoms with van der Waals surface area (Å²) in [6, 6.07) is 0. The molecular formula is C20H34O6. The van der Waals surface area contributed by atoms with Gasteiger partial charge < -0.3 is 23.7 Å². The number of ether oxygens (including phenoxy) is 5. The number of esters is 1. The van der Waals surface area contributed by atoms with Crippen LogP contribution in [0.15, 0.2) is 0 Å². The van der Waals surface area contributed by atoms with E-state index in [2.05, 4.69) is 13.8 Å². The van der Waals surface area contributed by atoms with Crippen molar-refractivity contribution < 1.29 is 28.5 Å². The number of carbonyl (C=O) groups is 1. The highest BCUT2D eigenvalue weighted by molar-refractivity contribution is 5.70. The Hall–Kier alpha value is -0.690. The molecule has 3 aliphatic carbocycles. The molecule has 0 N–H and O–H groups in total. The van der Waals surface area contributed by atoms with Crippen LogP contribution < -0.4 is 0 Å². The first-order valence-corrected chi connectivity index (χ1v) is 10.1. The van der Waals surface area contributed by atoms with E-state index in [0.717, 1.165) is 31.5 Å². The summed E-state index contributed by atoms with van der Waals surface area (Å²) in [4.78, 5) is 11.2. The van der Waals surface area contributed by atoms with Gasteiger partial charge >= 0.3 is 5.97 Å². The van der Waals surface area contributed by atoms with E-state index in [1.807, 2.05) is 0 Å². The van der Waals surface area contributed by atoms with Gasteiger partial charge in [-0.2, -0.15) is 0 Å². The van der Waals surface area contributed by atoms with Crippen LogP contribution in [0.4, 0.5) is 0 Å². The maximum absolute atomic E-state index is 11.2. The van der Waals surface area contributed by atoms with E-state index in [1.54, 1.807) is 6.92 Å². The molecule has 0 aromatic rings. The molecule has 6 nitrogen and oxygen atoms in total. The highest BCUT2D eigenvalue weighted by atomic mass is 16.7. The van der Waals surface area contributed by atoms with Crippen LogP contribution in [0.5, 0.6) is 0 Å². The molecule has 2 bridgehead atoms. The van der Waals surface area contributed by atoms with Crippen molar-refractivity contribution in [3.05, 3.63) is 0 Å². The van der Waals surface area contributed by atoms with E-state index in [4.69, 9.17) is 23.7 Å². The lowest BCUT2D eigenvalue weighted by molar-refractivity contribution is -0.202. The molecule has 0 aromatic carbocycles. The van der Waals surface area contributed by atoms with E-state index in [0.29, 0.717) is 43.7 Å². The van der Waals surface area contributed by atoms with Gasteiger partial charge in [0.15, 0.2) is 6.29 Å². The molecular weight excluding hydrogens is 336 g/mol. The summed E-state index contributed by atoms with van der Waals surface area (Å²) in [7, 11) is 0. The summed E-state index contributed by atoms with van der Waals surface area (Å²) in [5.74, 6) is 2.31. The predicted octanol–water partition coefficient (Wildman–Crippen LogP) is 2.64. The molecule has 1 heterocycles. The standard InChI is InChI=1S/C20H34O6/c1-4-24-18(21)13-23-8-7-22-6-5-15-16(19-25-9-10-26-19)11-14-12-17(15)20(14,2)3/h14-17,19H,4-13H2,1-3H3/t14?,15-,16+,17?/m0/s1. The predicted molar refractivity (Wildman–Crippen MR) is 95.6 cm³/mol. The monoisotopic (exact) mass is 370 g/mol. The van der Waals surface area contributed by atoms with Gasteiger partial charge in [-0.15, -0.1) is 0 Å². The second-order valence-corrected chi connectivity index (χ2v) is 8.29. The van der Waals surface area contributed by atoms with Crippen LogP contribution in [0, 0.1) is 29.1 Å². The van der Waals surface area contributed by atoms with E-state index < -0.39 is 0 Å². The van der Waals surface area contributed by atoms with Crippen LogP contribution >= 0.6 is 0 Å². The van der Waals surface area contributed by atoms with Gasteiger partial charge in [-0.25, -0.2) is 4.79 Å². The topological polar surface area (TPSA) is 63.2 Å². The van der Waals surface area contributed by atoms with Crippen molar-refractivity contribution in [1.82, 2.24) is 0 Å². The molecule has 150 valence electrons. The van der Waals surface area contributed by atoms with Crippen molar-refractivity contribution in [2.75, 3.05) is 46.2 Å². The van der Waals surface area contributed by atoms with E-state index in [1.165, 1.54) is 12.8 Å². The summed E-state index contributed by atoms with van der Waals surface area (Å²) in [5.41, 5.74) is 0.433. The first-order chi connectivity index (χ1) is 12.5. The van der Waals surface area contributed by atoms with E-state index in [-0.39, 0.29) is 18.9 Å². The SMILES string of the molecule is CCOC(=O)COCCOCC[C@@H]1C2CC(C[C@H]1C1OCCO1)C2(C)C. The third-order valence-electron chi connectivity index (χ3n) is 6.66. The van der Waals surface area contributed by atoms with Crippen LogP contribution in [0.3, 0.4) is 0 Å². The molecule has 4 fully saturated rings. The van der Waals surface area contributed by atoms with Crippen LogP contribution in [-0.4, -0.2) is 58.5 Å². The Morgan fingerprint density at radius 3 is 2.50 bits per heavy atom. The van der Waals surface area contributed by atoms with Crippen molar-refractivity contribution in [1.29, 1.82) is 0 Å². The largest absolute Gasteiger partial charge is 0.464 e. The minimum atomic E-state index is -0.323. The number of hydrogen-bond donors (Lipinski definition) is 0. The molecule has 3 saturated carbocycles. The summed E-state index contributed by atoms with van der Waals surface area (Å²) in [6.45, 7) is 10.1. The summed E-state index contributed by atoms with van der Waals surface area (Å²) in [6.07, 6.45) is 3.56. The smallest absolute Gasteiger partial charge is 0.332 e. The molecule has 1 aliphatic heterocycles. The fraction of sp³-hybridized carbons (Fsp3) is 0.950. The zero-order valence-corrected chi connectivity index (χ0v) is 16.4. The molecule has 0 radical (unpaired) electrons. The van der Waals surface area contributed by atoms with Gasteiger partial charge in [-0.05, 0) is 49.4 Å². The third kappa shape index (κ3) is 4.41. The lowest BCUT2D eigenvalue weighted by Gasteiger charge is -2.63. The minimum absolute atomic E-state index is 0.00406. The Balaban J connectivity index is 1.38. The van der Waals surface area contributed by atoms with Crippen molar-refractivity contribution in [3.8, 4) is 0 Å². The number of carbonyl (C=O) groups excluding carboxylic acids is 1. The van der Waals surface area contributed by atoms with Crippen LogP contribution in [0.1, 0.15) is 40.0 Å².